The van der Waals surface area contributed by atoms with Crippen LogP contribution in [-0.4, -0.2) is 22.7 Å². The van der Waals surface area contributed by atoms with E-state index in [-0.39, 0.29) is 0 Å². The molecule has 0 heterocycles. The highest BCUT2D eigenvalue weighted by atomic mass is 32.2. The van der Waals surface area contributed by atoms with E-state index >= 15 is 0 Å². The van der Waals surface area contributed by atoms with Gasteiger partial charge in [-0.2, -0.15) is 11.8 Å². The highest BCUT2D eigenvalue weighted by Gasteiger charge is 1.94. The van der Waals surface area contributed by atoms with Gasteiger partial charge in [0.2, 0.25) is 0 Å². The molecule has 0 aliphatic heterocycles. The number of hydrogen-bond acceptors (Lipinski definition) is 2. The molecule has 2 heteroatoms. The van der Waals surface area contributed by atoms with E-state index in [1.54, 1.807) is 11.8 Å². The van der Waals surface area contributed by atoms with Gasteiger partial charge in [-0.1, -0.05) is 12.8 Å². The van der Waals surface area contributed by atoms with Gasteiger partial charge in [0.15, 0.2) is 0 Å². The van der Waals surface area contributed by atoms with Gasteiger partial charge in [0, 0.05) is 5.75 Å². The van der Waals surface area contributed by atoms with Gasteiger partial charge in [-0.05, 0) is 5.75 Å². The molecule has 1 atom stereocenters. The summed E-state index contributed by atoms with van der Waals surface area (Å²) in [4.78, 5) is 0. The van der Waals surface area contributed by atoms with Crippen molar-refractivity contribution in [2.24, 2.45) is 0 Å². The van der Waals surface area contributed by atoms with Crippen LogP contribution in [0.5, 0.6) is 0 Å². The summed E-state index contributed by atoms with van der Waals surface area (Å²) in [6.45, 7) is 2.04. The normalized spacial score (nSPS) is 12.6. The largest absolute Gasteiger partial charge is 0.380 e. The van der Waals surface area contributed by atoms with Crippen LogP contribution < -0.4 is 0 Å². The predicted octanol–water partition coefficient (Wildman–Crippen LogP) is 0.734. The van der Waals surface area contributed by atoms with E-state index in [1.165, 1.54) is 0 Å². The smallest absolute Gasteiger partial charge is 0.123 e. The summed E-state index contributed by atoms with van der Waals surface area (Å²) in [6, 6.07) is 0. The average Bonchev–Trinajstić information content (AvgIpc) is 1.83. The van der Waals surface area contributed by atoms with Crippen molar-refractivity contribution in [1.82, 2.24) is 0 Å². The van der Waals surface area contributed by atoms with Gasteiger partial charge < -0.3 is 5.11 Å². The maximum Gasteiger partial charge on any atom is 0.123 e. The zero-order valence-electron chi connectivity index (χ0n) is 4.92. The first-order valence-electron chi connectivity index (χ1n) is 2.53. The third-order valence-corrected chi connectivity index (χ3v) is 1.63. The lowest BCUT2D eigenvalue weighted by atomic mass is 10.4. The molecule has 0 rings (SSSR count). The topological polar surface area (TPSA) is 20.2 Å². The van der Waals surface area contributed by atoms with Gasteiger partial charge in [-0.25, -0.2) is 0 Å². The maximum absolute atomic E-state index is 8.73. The standard InChI is InChI=1S/C6H10OS/c1-3-6(7)5-8-4-2/h1,6-7H,4-5H2,2H3. The fourth-order valence-corrected chi connectivity index (χ4v) is 0.833. The van der Waals surface area contributed by atoms with Crippen LogP contribution in [0.15, 0.2) is 0 Å². The summed E-state index contributed by atoms with van der Waals surface area (Å²) in [5, 5.41) is 8.73. The van der Waals surface area contributed by atoms with E-state index in [0.29, 0.717) is 5.75 Å². The molecule has 0 aromatic rings. The highest BCUT2D eigenvalue weighted by Crippen LogP contribution is 1.99. The van der Waals surface area contributed by atoms with E-state index in [2.05, 4.69) is 5.92 Å². The van der Waals surface area contributed by atoms with Gasteiger partial charge >= 0.3 is 0 Å². The Morgan fingerprint density at radius 2 is 2.50 bits per heavy atom. The monoisotopic (exact) mass is 130 g/mol. The van der Waals surface area contributed by atoms with Crippen LogP contribution in [0.2, 0.25) is 0 Å². The molecule has 1 N–H and O–H groups in total. The van der Waals surface area contributed by atoms with Crippen molar-refractivity contribution in [3.05, 3.63) is 0 Å². The molecular formula is C6H10OS. The first-order chi connectivity index (χ1) is 3.81. The molecule has 0 spiro atoms. The molecule has 0 amide bonds. The molecule has 46 valence electrons. The molecule has 0 fully saturated rings. The Hall–Kier alpha value is -0.130. The summed E-state index contributed by atoms with van der Waals surface area (Å²) >= 11 is 1.65. The summed E-state index contributed by atoms with van der Waals surface area (Å²) in [5.41, 5.74) is 0. The molecule has 8 heavy (non-hydrogen) atoms. The molecule has 0 radical (unpaired) electrons. The summed E-state index contributed by atoms with van der Waals surface area (Å²) in [7, 11) is 0. The van der Waals surface area contributed by atoms with Crippen molar-refractivity contribution in [2.45, 2.75) is 13.0 Å². The fraction of sp³-hybridized carbons (Fsp3) is 0.667. The third kappa shape index (κ3) is 4.04. The number of rotatable bonds is 3. The molecule has 0 aliphatic rings. The number of aliphatic hydroxyl groups excluding tert-OH is 1. The lowest BCUT2D eigenvalue weighted by Crippen LogP contribution is -2.05. The van der Waals surface area contributed by atoms with Crippen molar-refractivity contribution in [3.63, 3.8) is 0 Å². The van der Waals surface area contributed by atoms with Crippen molar-refractivity contribution in [1.29, 1.82) is 0 Å². The van der Waals surface area contributed by atoms with E-state index in [0.717, 1.165) is 5.75 Å². The summed E-state index contributed by atoms with van der Waals surface area (Å²) in [5.74, 6) is 3.91. The van der Waals surface area contributed by atoms with E-state index < -0.39 is 6.10 Å². The Balaban J connectivity index is 3.02. The maximum atomic E-state index is 8.73. The lowest BCUT2D eigenvalue weighted by molar-refractivity contribution is 0.258. The Kier molecular flexibility index (Phi) is 4.93. The highest BCUT2D eigenvalue weighted by molar-refractivity contribution is 7.99. The summed E-state index contributed by atoms with van der Waals surface area (Å²) in [6.07, 6.45) is 4.34. The van der Waals surface area contributed by atoms with Crippen LogP contribution in [0, 0.1) is 12.3 Å². The van der Waals surface area contributed by atoms with Gasteiger partial charge in [-0.3, -0.25) is 0 Å². The Bertz CT molecular complexity index is 85.0. The van der Waals surface area contributed by atoms with Crippen molar-refractivity contribution < 1.29 is 5.11 Å². The summed E-state index contributed by atoms with van der Waals surface area (Å²) < 4.78 is 0. The number of thioether (sulfide) groups is 1. The SMILES string of the molecule is C#CC(O)CSCC. The Morgan fingerprint density at radius 3 is 2.88 bits per heavy atom. The van der Waals surface area contributed by atoms with Crippen LogP contribution >= 0.6 is 11.8 Å². The fourth-order valence-electron chi connectivity index (χ4n) is 0.278. The molecule has 0 bridgehead atoms. The minimum absolute atomic E-state index is 0.556. The van der Waals surface area contributed by atoms with Gasteiger partial charge in [0.25, 0.3) is 0 Å². The van der Waals surface area contributed by atoms with Gasteiger partial charge in [0.1, 0.15) is 6.10 Å². The predicted molar refractivity (Wildman–Crippen MR) is 37.8 cm³/mol. The van der Waals surface area contributed by atoms with Gasteiger partial charge in [0.05, 0.1) is 0 Å². The van der Waals surface area contributed by atoms with Crippen LogP contribution in [0.4, 0.5) is 0 Å². The molecule has 1 unspecified atom stereocenters. The first-order valence-corrected chi connectivity index (χ1v) is 3.68. The van der Waals surface area contributed by atoms with Crippen molar-refractivity contribution in [3.8, 4) is 12.3 Å². The zero-order chi connectivity index (χ0) is 6.41. The quantitative estimate of drug-likeness (QED) is 0.568. The molecule has 0 saturated carbocycles. The van der Waals surface area contributed by atoms with E-state index in [9.17, 15) is 0 Å². The van der Waals surface area contributed by atoms with Crippen LogP contribution in [-0.2, 0) is 0 Å². The first kappa shape index (κ1) is 7.87. The second-order valence-corrected chi connectivity index (χ2v) is 2.66. The zero-order valence-corrected chi connectivity index (χ0v) is 5.74. The van der Waals surface area contributed by atoms with Crippen molar-refractivity contribution >= 4 is 11.8 Å². The Morgan fingerprint density at radius 1 is 1.88 bits per heavy atom. The number of hydrogen-bond donors (Lipinski definition) is 1. The lowest BCUT2D eigenvalue weighted by Gasteiger charge is -1.98. The average molecular weight is 130 g/mol. The Labute approximate surface area is 54.5 Å². The minimum atomic E-state index is -0.556. The number of aliphatic hydroxyl groups is 1. The molecule has 1 nitrogen and oxygen atoms in total. The second-order valence-electron chi connectivity index (χ2n) is 1.34. The number of terminal acetylenes is 1. The van der Waals surface area contributed by atoms with Crippen LogP contribution in [0.25, 0.3) is 0 Å². The van der Waals surface area contributed by atoms with E-state index in [1.807, 2.05) is 6.92 Å². The molecule has 0 aliphatic carbocycles. The molecule has 0 aromatic heterocycles. The molecule has 0 aromatic carbocycles. The van der Waals surface area contributed by atoms with Crippen LogP contribution in [0.1, 0.15) is 6.92 Å². The van der Waals surface area contributed by atoms with E-state index in [4.69, 9.17) is 11.5 Å². The van der Waals surface area contributed by atoms with Crippen LogP contribution in [0.3, 0.4) is 0 Å². The van der Waals surface area contributed by atoms with Gasteiger partial charge in [-0.15, -0.1) is 6.42 Å². The minimum Gasteiger partial charge on any atom is -0.380 e. The van der Waals surface area contributed by atoms with Crippen molar-refractivity contribution in [2.75, 3.05) is 11.5 Å². The third-order valence-electron chi connectivity index (χ3n) is 0.672. The second kappa shape index (κ2) is 5.02. The molecular weight excluding hydrogens is 120 g/mol. The molecule has 0 saturated heterocycles.